The van der Waals surface area contributed by atoms with Gasteiger partial charge in [0.15, 0.2) is 0 Å². The lowest BCUT2D eigenvalue weighted by Gasteiger charge is -2.41. The second-order valence-corrected chi connectivity index (χ2v) is 10.9. The Bertz CT molecular complexity index is 1260. The zero-order valence-electron chi connectivity index (χ0n) is 22.8. The third kappa shape index (κ3) is 5.52. The van der Waals surface area contributed by atoms with Gasteiger partial charge in [0, 0.05) is 37.2 Å². The summed E-state index contributed by atoms with van der Waals surface area (Å²) in [5.41, 5.74) is 5.52. The maximum absolute atomic E-state index is 13.9. The molecule has 2 amide bonds. The number of nitriles is 1. The fourth-order valence-corrected chi connectivity index (χ4v) is 6.76. The number of fused-ring (bicyclic) bond motifs is 1. The minimum atomic E-state index is -1.50. The van der Waals surface area contributed by atoms with Crippen LogP contribution in [0.25, 0.3) is 10.9 Å². The van der Waals surface area contributed by atoms with Gasteiger partial charge in [-0.15, -0.1) is 0 Å². The topological polar surface area (TPSA) is 151 Å². The number of ether oxygens (including phenoxy) is 1. The van der Waals surface area contributed by atoms with Crippen molar-refractivity contribution in [2.75, 3.05) is 33.4 Å². The summed E-state index contributed by atoms with van der Waals surface area (Å²) in [6, 6.07) is 8.71. The molecule has 2 heterocycles. The number of aromatic nitrogens is 1. The first kappa shape index (κ1) is 28.6. The van der Waals surface area contributed by atoms with Gasteiger partial charge in [0.1, 0.15) is 11.7 Å². The van der Waals surface area contributed by atoms with Crippen LogP contribution in [0, 0.1) is 23.2 Å². The number of benzene rings is 1. The smallest absolute Gasteiger partial charge is 0.352 e. The molecular weight excluding hydrogens is 498 g/mol. The Morgan fingerprint density at radius 2 is 1.95 bits per heavy atom. The zero-order chi connectivity index (χ0) is 28.2. The summed E-state index contributed by atoms with van der Waals surface area (Å²) in [6.45, 7) is 3.41. The van der Waals surface area contributed by atoms with Crippen LogP contribution in [0.3, 0.4) is 0 Å². The molecule has 1 saturated carbocycles. The summed E-state index contributed by atoms with van der Waals surface area (Å²) in [5, 5.41) is 23.7. The van der Waals surface area contributed by atoms with Crippen molar-refractivity contribution < 1.29 is 24.2 Å². The number of aryl methyl sites for hydroxylation is 1. The zero-order valence-corrected chi connectivity index (χ0v) is 22.8. The number of hydrogen-bond donors (Lipinski definition) is 3. The van der Waals surface area contributed by atoms with E-state index in [4.69, 9.17) is 10.5 Å². The highest BCUT2D eigenvalue weighted by atomic mass is 16.5. The number of para-hydroxylation sites is 1. The number of aromatic carboxylic acids is 1. The molecular formula is C29H39N5O5. The number of primary amides is 1. The Kier molecular flexibility index (Phi) is 8.93. The van der Waals surface area contributed by atoms with Gasteiger partial charge in [0.05, 0.1) is 24.0 Å². The first-order valence-electron chi connectivity index (χ1n) is 13.8. The van der Waals surface area contributed by atoms with Gasteiger partial charge in [-0.2, -0.15) is 5.26 Å². The molecule has 1 saturated heterocycles. The first-order chi connectivity index (χ1) is 18.7. The predicted molar refractivity (Wildman–Crippen MR) is 146 cm³/mol. The highest BCUT2D eigenvalue weighted by molar-refractivity contribution is 6.06. The van der Waals surface area contributed by atoms with E-state index < -0.39 is 35.2 Å². The van der Waals surface area contributed by atoms with E-state index in [0.717, 1.165) is 32.5 Å². The number of carbonyl (C=O) groups is 3. The Morgan fingerprint density at radius 1 is 1.23 bits per heavy atom. The van der Waals surface area contributed by atoms with Crippen molar-refractivity contribution in [1.82, 2.24) is 14.8 Å². The number of piperidine rings is 1. The van der Waals surface area contributed by atoms with E-state index in [1.54, 1.807) is 43.0 Å². The van der Waals surface area contributed by atoms with E-state index in [1.165, 1.54) is 0 Å². The molecule has 0 spiro atoms. The number of hydrogen-bond acceptors (Lipinski definition) is 6. The van der Waals surface area contributed by atoms with Crippen molar-refractivity contribution in [3.8, 4) is 6.07 Å². The molecule has 4 N–H and O–H groups in total. The fraction of sp³-hybridized carbons (Fsp3) is 0.586. The van der Waals surface area contributed by atoms with Crippen molar-refractivity contribution in [2.45, 2.75) is 56.4 Å². The van der Waals surface area contributed by atoms with Crippen LogP contribution < -0.4 is 11.1 Å². The molecule has 0 bridgehead atoms. The molecule has 1 aliphatic heterocycles. The molecule has 210 valence electrons. The molecule has 1 aromatic heterocycles. The van der Waals surface area contributed by atoms with Crippen LogP contribution >= 0.6 is 0 Å². The van der Waals surface area contributed by atoms with Crippen LogP contribution in [0.4, 0.5) is 0 Å². The molecule has 10 nitrogen and oxygen atoms in total. The molecule has 1 unspecified atom stereocenters. The number of carboxylic acid groups (broad SMARTS) is 1. The van der Waals surface area contributed by atoms with Crippen LogP contribution in [0.2, 0.25) is 0 Å². The summed E-state index contributed by atoms with van der Waals surface area (Å²) in [6.07, 6.45) is 4.40. The lowest BCUT2D eigenvalue weighted by molar-refractivity contribution is -0.137. The highest BCUT2D eigenvalue weighted by Crippen LogP contribution is 2.48. The molecule has 3 atom stereocenters. The number of carboxylic acids is 1. The summed E-state index contributed by atoms with van der Waals surface area (Å²) >= 11 is 0. The van der Waals surface area contributed by atoms with Gasteiger partial charge in [-0.05, 0) is 57.2 Å². The quantitative estimate of drug-likeness (QED) is 0.421. The van der Waals surface area contributed by atoms with Crippen molar-refractivity contribution in [1.29, 1.82) is 5.26 Å². The minimum absolute atomic E-state index is 0.0354. The van der Waals surface area contributed by atoms with Crippen molar-refractivity contribution in [2.24, 2.45) is 24.6 Å². The summed E-state index contributed by atoms with van der Waals surface area (Å²) < 4.78 is 6.72. The minimum Gasteiger partial charge on any atom is -0.477 e. The Hall–Kier alpha value is -3.42. The van der Waals surface area contributed by atoms with Gasteiger partial charge >= 0.3 is 5.97 Å². The average molecular weight is 538 g/mol. The van der Waals surface area contributed by atoms with Gasteiger partial charge in [-0.25, -0.2) is 4.79 Å². The lowest BCUT2D eigenvalue weighted by Crippen LogP contribution is -2.56. The molecule has 39 heavy (non-hydrogen) atoms. The molecule has 1 aliphatic carbocycles. The molecule has 1 aromatic carbocycles. The monoisotopic (exact) mass is 537 g/mol. The number of carbonyl (C=O) groups excluding carboxylic acids is 2. The Morgan fingerprint density at radius 3 is 2.59 bits per heavy atom. The molecule has 2 aromatic rings. The number of nitrogens with zero attached hydrogens (tertiary/aromatic N) is 3. The third-order valence-electron chi connectivity index (χ3n) is 8.78. The second kappa shape index (κ2) is 12.2. The number of likely N-dealkylation sites (tertiary alicyclic amines) is 1. The fourth-order valence-electron chi connectivity index (χ4n) is 6.76. The van der Waals surface area contributed by atoms with E-state index >= 15 is 0 Å². The van der Waals surface area contributed by atoms with Gasteiger partial charge in [0.25, 0.3) is 0 Å². The van der Waals surface area contributed by atoms with Crippen molar-refractivity contribution >= 4 is 28.7 Å². The Labute approximate surface area is 229 Å². The van der Waals surface area contributed by atoms with Crippen molar-refractivity contribution in [3.05, 3.63) is 35.5 Å². The molecule has 10 heteroatoms. The van der Waals surface area contributed by atoms with Gasteiger partial charge in [-0.3, -0.25) is 9.59 Å². The molecule has 2 aliphatic rings. The lowest BCUT2D eigenvalue weighted by atomic mass is 9.60. The SMILES string of the molecule is COCCN1CCC(CC(C#N)NC(=O)[C@@H]2CCCC[C@@]2(C(N)=O)c2c(C(=O)O)n(C)c3ccccc23)CC1. The maximum Gasteiger partial charge on any atom is 0.352 e. The summed E-state index contributed by atoms with van der Waals surface area (Å²) in [7, 11) is 3.34. The maximum atomic E-state index is 13.9. The summed E-state index contributed by atoms with van der Waals surface area (Å²) in [5.74, 6) is -2.88. The van der Waals surface area contributed by atoms with Crippen molar-refractivity contribution in [3.63, 3.8) is 0 Å². The first-order valence-corrected chi connectivity index (χ1v) is 13.8. The largest absolute Gasteiger partial charge is 0.477 e. The second-order valence-electron chi connectivity index (χ2n) is 10.9. The van der Waals surface area contributed by atoms with Crippen LogP contribution in [-0.4, -0.2) is 71.7 Å². The Balaban J connectivity index is 1.61. The number of nitrogens with one attached hydrogen (secondary N) is 1. The molecule has 4 rings (SSSR count). The van der Waals surface area contributed by atoms with Crippen LogP contribution in [-0.2, 0) is 26.8 Å². The van der Waals surface area contributed by atoms with E-state index in [1.807, 2.05) is 0 Å². The van der Waals surface area contributed by atoms with E-state index in [2.05, 4.69) is 16.3 Å². The van der Waals surface area contributed by atoms with Crippen LogP contribution in [0.5, 0.6) is 0 Å². The standard InChI is InChI=1S/C29H39N5O5/c1-33-23-9-4-3-7-21(23)24(25(33)27(36)37)29(28(31)38)12-6-5-8-22(29)26(35)32-20(18-30)17-19-10-13-34(14-11-19)15-16-39-2/h3-4,7,9,19-20,22H,5-6,8,10-17H2,1-2H3,(H2,31,38)(H,32,35)(H,36,37)/t20?,22-,29-/m0/s1. The normalized spacial score (nSPS) is 23.3. The van der Waals surface area contributed by atoms with Gasteiger partial charge < -0.3 is 30.4 Å². The number of methoxy groups -OCH3 is 1. The third-order valence-corrected chi connectivity index (χ3v) is 8.78. The number of rotatable bonds is 10. The van der Waals surface area contributed by atoms with E-state index in [9.17, 15) is 24.8 Å². The number of nitrogens with two attached hydrogens (primary N) is 1. The van der Waals surface area contributed by atoms with Crippen LogP contribution in [0.15, 0.2) is 24.3 Å². The predicted octanol–water partition coefficient (Wildman–Crippen LogP) is 2.55. The molecule has 2 fully saturated rings. The summed E-state index contributed by atoms with van der Waals surface area (Å²) in [4.78, 5) is 42.0. The van der Waals surface area contributed by atoms with Gasteiger partial charge in [-0.1, -0.05) is 31.0 Å². The van der Waals surface area contributed by atoms with Crippen LogP contribution in [0.1, 0.15) is 61.0 Å². The van der Waals surface area contributed by atoms with E-state index in [0.29, 0.717) is 54.7 Å². The highest BCUT2D eigenvalue weighted by Gasteiger charge is 2.54. The van der Waals surface area contributed by atoms with E-state index in [-0.39, 0.29) is 12.1 Å². The molecule has 0 radical (unpaired) electrons. The van der Waals surface area contributed by atoms with Gasteiger partial charge in [0.2, 0.25) is 11.8 Å². The average Bonchev–Trinajstić information content (AvgIpc) is 3.24. The number of amides is 2.